The minimum Gasteiger partial charge on any atom is -0.392 e. The van der Waals surface area contributed by atoms with Crippen molar-refractivity contribution in [2.24, 2.45) is 5.92 Å². The molecule has 1 unspecified atom stereocenters. The fourth-order valence-corrected chi connectivity index (χ4v) is 2.48. The summed E-state index contributed by atoms with van der Waals surface area (Å²) in [7, 11) is 0. The van der Waals surface area contributed by atoms with Crippen LogP contribution in [0.1, 0.15) is 32.3 Å². The van der Waals surface area contributed by atoms with E-state index in [9.17, 15) is 5.11 Å². The summed E-state index contributed by atoms with van der Waals surface area (Å²) in [5.41, 5.74) is 1.34. The first kappa shape index (κ1) is 13.6. The van der Waals surface area contributed by atoms with Crippen molar-refractivity contribution in [1.82, 2.24) is 0 Å². The van der Waals surface area contributed by atoms with Crippen LogP contribution >= 0.6 is 11.8 Å². The summed E-state index contributed by atoms with van der Waals surface area (Å²) in [4.78, 5) is 0. The van der Waals surface area contributed by atoms with E-state index in [2.05, 4.69) is 38.1 Å². The van der Waals surface area contributed by atoms with Crippen LogP contribution in [-0.4, -0.2) is 17.0 Å². The van der Waals surface area contributed by atoms with Gasteiger partial charge in [-0.15, -0.1) is 0 Å². The van der Waals surface area contributed by atoms with Crippen LogP contribution in [0.2, 0.25) is 0 Å². The minimum absolute atomic E-state index is 0.142. The number of thioether (sulfide) groups is 1. The average Bonchev–Trinajstić information content (AvgIpc) is 2.28. The maximum absolute atomic E-state index is 9.76. The van der Waals surface area contributed by atoms with Gasteiger partial charge in [0.25, 0.3) is 0 Å². The van der Waals surface area contributed by atoms with Crippen molar-refractivity contribution in [3.63, 3.8) is 0 Å². The number of aliphatic hydroxyl groups excluding tert-OH is 1. The van der Waals surface area contributed by atoms with Crippen LogP contribution in [0, 0.1) is 5.92 Å². The molecule has 2 heteroatoms. The lowest BCUT2D eigenvalue weighted by Crippen LogP contribution is -2.11. The van der Waals surface area contributed by atoms with Gasteiger partial charge in [-0.2, -0.15) is 11.8 Å². The van der Waals surface area contributed by atoms with Crippen LogP contribution in [0.5, 0.6) is 0 Å². The molecule has 1 nitrogen and oxygen atoms in total. The molecule has 1 rings (SSSR count). The molecule has 1 atom stereocenters. The zero-order valence-corrected chi connectivity index (χ0v) is 11.0. The zero-order chi connectivity index (χ0) is 11.8. The molecule has 0 fully saturated rings. The predicted molar refractivity (Wildman–Crippen MR) is 72.7 cm³/mol. The van der Waals surface area contributed by atoms with Crippen molar-refractivity contribution in [3.05, 3.63) is 35.9 Å². The van der Waals surface area contributed by atoms with Crippen molar-refractivity contribution >= 4 is 11.8 Å². The molecule has 0 amide bonds. The van der Waals surface area contributed by atoms with E-state index in [1.54, 1.807) is 0 Å². The Morgan fingerprint density at radius 2 is 1.81 bits per heavy atom. The number of rotatable bonds is 7. The third-order valence-corrected chi connectivity index (χ3v) is 3.66. The topological polar surface area (TPSA) is 20.2 Å². The summed E-state index contributed by atoms with van der Waals surface area (Å²) in [6.07, 6.45) is 1.91. The number of hydrogen-bond acceptors (Lipinski definition) is 2. The van der Waals surface area contributed by atoms with Crippen LogP contribution in [-0.2, 0) is 5.75 Å². The Balaban J connectivity index is 2.11. The van der Waals surface area contributed by atoms with E-state index in [0.717, 1.165) is 24.3 Å². The Kier molecular flexibility index (Phi) is 6.58. The Morgan fingerprint density at radius 3 is 2.44 bits per heavy atom. The molecular formula is C14H22OS. The first-order chi connectivity index (χ1) is 7.68. The van der Waals surface area contributed by atoms with Crippen LogP contribution in [0.25, 0.3) is 0 Å². The SMILES string of the molecule is CC(C)CCC(O)CSCc1ccccc1. The first-order valence-electron chi connectivity index (χ1n) is 5.98. The molecule has 0 aliphatic heterocycles. The summed E-state index contributed by atoms with van der Waals surface area (Å²) >= 11 is 1.82. The molecule has 0 aliphatic rings. The second-order valence-corrected chi connectivity index (χ2v) is 5.66. The second kappa shape index (κ2) is 7.75. The molecule has 90 valence electrons. The van der Waals surface area contributed by atoms with Crippen molar-refractivity contribution in [2.75, 3.05) is 5.75 Å². The lowest BCUT2D eigenvalue weighted by atomic mass is 10.1. The third kappa shape index (κ3) is 6.19. The molecule has 0 bridgehead atoms. The van der Waals surface area contributed by atoms with Crippen molar-refractivity contribution in [2.45, 2.75) is 38.5 Å². The Morgan fingerprint density at radius 1 is 1.12 bits per heavy atom. The highest BCUT2D eigenvalue weighted by Gasteiger charge is 2.05. The van der Waals surface area contributed by atoms with Gasteiger partial charge in [0.1, 0.15) is 0 Å². The van der Waals surface area contributed by atoms with E-state index in [1.165, 1.54) is 5.56 Å². The van der Waals surface area contributed by atoms with Gasteiger partial charge in [0.15, 0.2) is 0 Å². The Hall–Kier alpha value is -0.470. The molecule has 0 radical (unpaired) electrons. The Labute approximate surface area is 103 Å². The molecule has 0 spiro atoms. The monoisotopic (exact) mass is 238 g/mol. The second-order valence-electron chi connectivity index (χ2n) is 4.63. The van der Waals surface area contributed by atoms with E-state index in [1.807, 2.05) is 17.8 Å². The summed E-state index contributed by atoms with van der Waals surface area (Å²) in [6.45, 7) is 4.40. The molecule has 1 aromatic rings. The lowest BCUT2D eigenvalue weighted by molar-refractivity contribution is 0.180. The van der Waals surface area contributed by atoms with Crippen LogP contribution < -0.4 is 0 Å². The van der Waals surface area contributed by atoms with Gasteiger partial charge in [-0.1, -0.05) is 44.2 Å². The quantitative estimate of drug-likeness (QED) is 0.781. The maximum atomic E-state index is 9.76. The van der Waals surface area contributed by atoms with Gasteiger partial charge in [-0.3, -0.25) is 0 Å². The molecule has 16 heavy (non-hydrogen) atoms. The van der Waals surface area contributed by atoms with Crippen molar-refractivity contribution in [1.29, 1.82) is 0 Å². The average molecular weight is 238 g/mol. The highest BCUT2D eigenvalue weighted by molar-refractivity contribution is 7.98. The molecular weight excluding hydrogens is 216 g/mol. The van der Waals surface area contributed by atoms with Gasteiger partial charge in [0.05, 0.1) is 6.10 Å². The van der Waals surface area contributed by atoms with Crippen LogP contribution in [0.15, 0.2) is 30.3 Å². The van der Waals surface area contributed by atoms with Crippen LogP contribution in [0.4, 0.5) is 0 Å². The molecule has 0 heterocycles. The largest absolute Gasteiger partial charge is 0.392 e. The predicted octanol–water partition coefficient (Wildman–Crippen LogP) is 3.72. The molecule has 0 saturated heterocycles. The molecule has 0 aliphatic carbocycles. The first-order valence-corrected chi connectivity index (χ1v) is 7.13. The number of hydrogen-bond donors (Lipinski definition) is 1. The highest BCUT2D eigenvalue weighted by Crippen LogP contribution is 2.15. The third-order valence-electron chi connectivity index (χ3n) is 2.50. The molecule has 1 N–H and O–H groups in total. The van der Waals surface area contributed by atoms with E-state index >= 15 is 0 Å². The molecule has 0 saturated carbocycles. The van der Waals surface area contributed by atoms with E-state index in [-0.39, 0.29) is 6.10 Å². The van der Waals surface area contributed by atoms with Gasteiger partial charge in [0.2, 0.25) is 0 Å². The van der Waals surface area contributed by atoms with Crippen molar-refractivity contribution < 1.29 is 5.11 Å². The minimum atomic E-state index is -0.142. The normalized spacial score (nSPS) is 13.0. The maximum Gasteiger partial charge on any atom is 0.0630 e. The molecule has 0 aromatic heterocycles. The number of benzene rings is 1. The van der Waals surface area contributed by atoms with E-state index < -0.39 is 0 Å². The summed E-state index contributed by atoms with van der Waals surface area (Å²) in [5, 5.41) is 9.76. The number of aliphatic hydroxyl groups is 1. The van der Waals surface area contributed by atoms with E-state index in [4.69, 9.17) is 0 Å². The Bertz CT molecular complexity index is 271. The van der Waals surface area contributed by atoms with Gasteiger partial charge >= 0.3 is 0 Å². The smallest absolute Gasteiger partial charge is 0.0630 e. The van der Waals surface area contributed by atoms with Gasteiger partial charge in [0, 0.05) is 11.5 Å². The highest BCUT2D eigenvalue weighted by atomic mass is 32.2. The lowest BCUT2D eigenvalue weighted by Gasteiger charge is -2.11. The standard InChI is InChI=1S/C14H22OS/c1-12(2)8-9-14(15)11-16-10-13-6-4-3-5-7-13/h3-7,12,14-15H,8-11H2,1-2H3. The van der Waals surface area contributed by atoms with Gasteiger partial charge < -0.3 is 5.11 Å². The zero-order valence-electron chi connectivity index (χ0n) is 10.2. The van der Waals surface area contributed by atoms with Crippen molar-refractivity contribution in [3.8, 4) is 0 Å². The fourth-order valence-electron chi connectivity index (χ4n) is 1.50. The molecule has 1 aromatic carbocycles. The van der Waals surface area contributed by atoms with E-state index in [0.29, 0.717) is 5.92 Å². The summed E-state index contributed by atoms with van der Waals surface area (Å²) in [5.74, 6) is 2.54. The summed E-state index contributed by atoms with van der Waals surface area (Å²) in [6, 6.07) is 10.4. The fraction of sp³-hybridized carbons (Fsp3) is 0.571. The van der Waals surface area contributed by atoms with Gasteiger partial charge in [-0.05, 0) is 24.3 Å². The van der Waals surface area contributed by atoms with Crippen LogP contribution in [0.3, 0.4) is 0 Å². The summed E-state index contributed by atoms with van der Waals surface area (Å²) < 4.78 is 0. The van der Waals surface area contributed by atoms with Gasteiger partial charge in [-0.25, -0.2) is 0 Å².